The van der Waals surface area contributed by atoms with E-state index < -0.39 is 11.9 Å². The number of carboxylic acid groups (broad SMARTS) is 1. The molecule has 0 aromatic heterocycles. The highest BCUT2D eigenvalue weighted by molar-refractivity contribution is 8.18. The molecule has 1 heterocycles. The topological polar surface area (TPSA) is 76.0 Å². The number of unbranched alkanes of at least 4 members (excludes halogenated alkanes) is 1. The van der Waals surface area contributed by atoms with Crippen LogP contribution >= 0.6 is 11.8 Å². The number of thioether (sulfide) groups is 1. The van der Waals surface area contributed by atoms with Gasteiger partial charge in [0.05, 0.1) is 28.2 Å². The molecule has 27 heavy (non-hydrogen) atoms. The average molecular weight is 390 g/mol. The molecule has 6 heteroatoms. The van der Waals surface area contributed by atoms with Crippen LogP contribution in [0.5, 0.6) is 5.75 Å². The van der Waals surface area contributed by atoms with Crippen molar-refractivity contribution in [1.29, 1.82) is 0 Å². The van der Waals surface area contributed by atoms with Gasteiger partial charge in [-0.3, -0.25) is 4.79 Å². The Kier molecular flexibility index (Phi) is 8.50. The van der Waals surface area contributed by atoms with Gasteiger partial charge in [-0.2, -0.15) is 0 Å². The standard InChI is InChI=1S/C20H23NO4S.CH4/c1-5-6-11-25-16-9-7-15(8-10-16)13(3)21-19-17(14(4)22)12(2)18(26-19)20(23)24;/h7-10,17H,3,5-6,11H2,1-2,4H3,(H,23,24);1H4. The van der Waals surface area contributed by atoms with Gasteiger partial charge in [-0.1, -0.05) is 39.1 Å². The first kappa shape index (κ1) is 22.7. The third-order valence-electron chi connectivity index (χ3n) is 4.04. The maximum absolute atomic E-state index is 12.0. The normalized spacial score (nSPS) is 17.6. The average Bonchev–Trinajstić information content (AvgIpc) is 2.92. The van der Waals surface area contributed by atoms with E-state index in [9.17, 15) is 14.7 Å². The Morgan fingerprint density at radius 2 is 1.93 bits per heavy atom. The Balaban J connectivity index is 0.00000364. The van der Waals surface area contributed by atoms with E-state index in [0.717, 1.165) is 35.9 Å². The second-order valence-electron chi connectivity index (χ2n) is 6.09. The first-order valence-corrected chi connectivity index (χ1v) is 9.29. The molecule has 0 spiro atoms. The zero-order valence-corrected chi connectivity index (χ0v) is 16.1. The number of ketones is 1. The maximum Gasteiger partial charge on any atom is 0.342 e. The number of benzene rings is 1. The molecule has 0 fully saturated rings. The summed E-state index contributed by atoms with van der Waals surface area (Å²) < 4.78 is 5.63. The Hall–Kier alpha value is -2.34. The Morgan fingerprint density at radius 1 is 1.30 bits per heavy atom. The summed E-state index contributed by atoms with van der Waals surface area (Å²) in [6.07, 6.45) is 2.08. The lowest BCUT2D eigenvalue weighted by atomic mass is 9.97. The van der Waals surface area contributed by atoms with Crippen LogP contribution in [0.25, 0.3) is 5.70 Å². The fraction of sp³-hybridized carbons (Fsp3) is 0.381. The summed E-state index contributed by atoms with van der Waals surface area (Å²) in [5, 5.41) is 9.75. The number of carbonyl (C=O) groups excluding carboxylic acids is 1. The van der Waals surface area contributed by atoms with Crippen molar-refractivity contribution in [2.45, 2.75) is 41.0 Å². The summed E-state index contributed by atoms with van der Waals surface area (Å²) in [7, 11) is 0. The quantitative estimate of drug-likeness (QED) is 0.620. The lowest BCUT2D eigenvalue weighted by molar-refractivity contribution is -0.131. The second-order valence-corrected chi connectivity index (χ2v) is 7.12. The molecule has 1 aliphatic rings. The Bertz CT molecular complexity index is 778. The van der Waals surface area contributed by atoms with Crippen LogP contribution in [0.2, 0.25) is 0 Å². The molecule has 1 N–H and O–H groups in total. The van der Waals surface area contributed by atoms with Gasteiger partial charge in [0.15, 0.2) is 0 Å². The molecule has 2 rings (SSSR count). The molecule has 1 aromatic carbocycles. The van der Waals surface area contributed by atoms with Crippen molar-refractivity contribution in [2.75, 3.05) is 6.61 Å². The predicted molar refractivity (Wildman–Crippen MR) is 112 cm³/mol. The minimum absolute atomic E-state index is 0. The molecule has 0 bridgehead atoms. The van der Waals surface area contributed by atoms with Gasteiger partial charge in [-0.15, -0.1) is 0 Å². The minimum atomic E-state index is -1.04. The number of aliphatic imine (C=N–C) groups is 1. The molecule has 0 saturated carbocycles. The van der Waals surface area contributed by atoms with Crippen LogP contribution in [-0.2, 0) is 9.59 Å². The van der Waals surface area contributed by atoms with Gasteiger partial charge in [-0.25, -0.2) is 9.79 Å². The monoisotopic (exact) mass is 389 g/mol. The van der Waals surface area contributed by atoms with Crippen molar-refractivity contribution in [2.24, 2.45) is 10.9 Å². The van der Waals surface area contributed by atoms with E-state index in [-0.39, 0.29) is 18.1 Å². The SMILES string of the molecule is C.C=C(N=C1SC(C(=O)O)=C(C)C1C(C)=O)c1ccc(OCCCC)cc1. The highest BCUT2D eigenvalue weighted by atomic mass is 32.2. The lowest BCUT2D eigenvalue weighted by Crippen LogP contribution is -2.17. The van der Waals surface area contributed by atoms with Crippen molar-refractivity contribution in [3.63, 3.8) is 0 Å². The third-order valence-corrected chi connectivity index (χ3v) is 5.28. The zero-order chi connectivity index (χ0) is 19.3. The number of hydrogen-bond acceptors (Lipinski definition) is 5. The highest BCUT2D eigenvalue weighted by Gasteiger charge is 2.36. The minimum Gasteiger partial charge on any atom is -0.494 e. The van der Waals surface area contributed by atoms with Crippen molar-refractivity contribution in [3.05, 3.63) is 46.9 Å². The Morgan fingerprint density at radius 3 is 2.44 bits per heavy atom. The van der Waals surface area contributed by atoms with Crippen molar-refractivity contribution in [1.82, 2.24) is 0 Å². The van der Waals surface area contributed by atoms with E-state index >= 15 is 0 Å². The largest absolute Gasteiger partial charge is 0.494 e. The molecule has 0 amide bonds. The van der Waals surface area contributed by atoms with E-state index in [1.54, 1.807) is 6.92 Å². The van der Waals surface area contributed by atoms with E-state index in [4.69, 9.17) is 4.74 Å². The Labute approximate surface area is 165 Å². The van der Waals surface area contributed by atoms with Gasteiger partial charge in [0, 0.05) is 0 Å². The van der Waals surface area contributed by atoms with Gasteiger partial charge in [-0.05, 0) is 55.7 Å². The highest BCUT2D eigenvalue weighted by Crippen LogP contribution is 2.40. The second kappa shape index (κ2) is 10.1. The number of rotatable bonds is 8. The van der Waals surface area contributed by atoms with E-state index in [1.807, 2.05) is 24.3 Å². The predicted octanol–water partition coefficient (Wildman–Crippen LogP) is 5.18. The fourth-order valence-corrected chi connectivity index (χ4v) is 3.81. The molecular formula is C21H27NO4S. The molecule has 1 unspecified atom stereocenters. The van der Waals surface area contributed by atoms with Gasteiger partial charge in [0.2, 0.25) is 0 Å². The van der Waals surface area contributed by atoms with Crippen LogP contribution < -0.4 is 4.74 Å². The molecule has 0 aliphatic carbocycles. The first-order chi connectivity index (χ1) is 12.3. The number of aliphatic carboxylic acids is 1. The number of ether oxygens (including phenoxy) is 1. The summed E-state index contributed by atoms with van der Waals surface area (Å²) >= 11 is 1.03. The fourth-order valence-electron chi connectivity index (χ4n) is 2.61. The van der Waals surface area contributed by atoms with E-state index in [0.29, 0.717) is 22.9 Å². The van der Waals surface area contributed by atoms with E-state index in [1.165, 1.54) is 6.92 Å². The maximum atomic E-state index is 12.0. The van der Waals surface area contributed by atoms with Crippen LogP contribution in [-0.4, -0.2) is 28.5 Å². The smallest absolute Gasteiger partial charge is 0.342 e. The number of hydrogen-bond donors (Lipinski definition) is 1. The molecule has 1 aromatic rings. The number of carboxylic acids is 1. The summed E-state index contributed by atoms with van der Waals surface area (Å²) in [6, 6.07) is 7.42. The zero-order valence-electron chi connectivity index (χ0n) is 15.2. The third kappa shape index (κ3) is 5.57. The molecule has 146 valence electrons. The molecule has 1 aliphatic heterocycles. The summed E-state index contributed by atoms with van der Waals surface area (Å²) in [5.41, 5.74) is 1.81. The van der Waals surface area contributed by atoms with Crippen molar-refractivity contribution in [3.8, 4) is 5.75 Å². The van der Waals surface area contributed by atoms with Gasteiger partial charge in [0.1, 0.15) is 11.5 Å². The summed E-state index contributed by atoms with van der Waals surface area (Å²) in [4.78, 5) is 27.9. The van der Waals surface area contributed by atoms with Gasteiger partial charge in [0.25, 0.3) is 0 Å². The number of Topliss-reactive ketones (excluding diaryl/α,β-unsaturated/α-hetero) is 1. The molecule has 0 saturated heterocycles. The number of carbonyl (C=O) groups is 2. The van der Waals surface area contributed by atoms with Crippen LogP contribution in [0.1, 0.15) is 46.6 Å². The molecule has 1 atom stereocenters. The van der Waals surface area contributed by atoms with Crippen LogP contribution in [0, 0.1) is 5.92 Å². The van der Waals surface area contributed by atoms with Crippen molar-refractivity contribution < 1.29 is 19.4 Å². The first-order valence-electron chi connectivity index (χ1n) is 8.48. The lowest BCUT2D eigenvalue weighted by Gasteiger charge is -2.10. The number of nitrogens with zero attached hydrogens (tertiary/aromatic N) is 1. The van der Waals surface area contributed by atoms with Crippen LogP contribution in [0.15, 0.2) is 46.3 Å². The van der Waals surface area contributed by atoms with Gasteiger partial charge < -0.3 is 9.84 Å². The summed E-state index contributed by atoms with van der Waals surface area (Å²) in [5.74, 6) is -0.995. The van der Waals surface area contributed by atoms with Crippen LogP contribution in [0.3, 0.4) is 0 Å². The molecule has 0 radical (unpaired) electrons. The summed E-state index contributed by atoms with van der Waals surface area (Å²) in [6.45, 7) is 9.86. The van der Waals surface area contributed by atoms with Gasteiger partial charge >= 0.3 is 5.97 Å². The van der Waals surface area contributed by atoms with Crippen molar-refractivity contribution >= 4 is 34.3 Å². The molecule has 5 nitrogen and oxygen atoms in total. The number of allylic oxidation sites excluding steroid dienone is 1. The molecular weight excluding hydrogens is 362 g/mol. The van der Waals surface area contributed by atoms with E-state index in [2.05, 4.69) is 18.5 Å². The van der Waals surface area contributed by atoms with Crippen LogP contribution in [0.4, 0.5) is 0 Å².